The van der Waals surface area contributed by atoms with Crippen LogP contribution in [0.1, 0.15) is 13.8 Å². The van der Waals surface area contributed by atoms with Gasteiger partial charge in [0, 0.05) is 19.1 Å². The van der Waals surface area contributed by atoms with E-state index in [-0.39, 0.29) is 19.2 Å². The Labute approximate surface area is 125 Å². The molecular weight excluding hydrogens is 274 g/mol. The van der Waals surface area contributed by atoms with E-state index < -0.39 is 17.4 Å². The molecule has 2 aliphatic heterocycles. The van der Waals surface area contributed by atoms with Crippen molar-refractivity contribution in [1.29, 1.82) is 0 Å². The van der Waals surface area contributed by atoms with Crippen molar-refractivity contribution < 1.29 is 19.4 Å². The zero-order valence-electron chi connectivity index (χ0n) is 13.1. The van der Waals surface area contributed by atoms with Crippen LogP contribution in [0.25, 0.3) is 0 Å². The molecule has 7 nitrogen and oxygen atoms in total. The summed E-state index contributed by atoms with van der Waals surface area (Å²) < 4.78 is 5.26. The maximum absolute atomic E-state index is 12.4. The fourth-order valence-electron chi connectivity index (χ4n) is 3.11. The lowest BCUT2D eigenvalue weighted by molar-refractivity contribution is -0.148. The number of amides is 2. The molecule has 2 fully saturated rings. The van der Waals surface area contributed by atoms with Crippen molar-refractivity contribution in [2.45, 2.75) is 25.9 Å². The molecule has 0 aromatic carbocycles. The minimum absolute atomic E-state index is 0.129. The highest BCUT2D eigenvalue weighted by Crippen LogP contribution is 2.29. The second-order valence-corrected chi connectivity index (χ2v) is 6.65. The van der Waals surface area contributed by atoms with Crippen LogP contribution in [0.5, 0.6) is 0 Å². The van der Waals surface area contributed by atoms with Gasteiger partial charge < -0.3 is 25.0 Å². The van der Waals surface area contributed by atoms with Crippen molar-refractivity contribution >= 4 is 12.0 Å². The summed E-state index contributed by atoms with van der Waals surface area (Å²) in [4.78, 5) is 27.6. The van der Waals surface area contributed by atoms with Gasteiger partial charge in [-0.15, -0.1) is 0 Å². The molecule has 4 unspecified atom stereocenters. The Balaban J connectivity index is 1.98. The van der Waals surface area contributed by atoms with Crippen molar-refractivity contribution in [3.05, 3.63) is 0 Å². The van der Waals surface area contributed by atoms with Crippen molar-refractivity contribution in [2.75, 3.05) is 40.4 Å². The second kappa shape index (κ2) is 5.81. The van der Waals surface area contributed by atoms with Crippen LogP contribution in [0.2, 0.25) is 0 Å². The minimum Gasteiger partial charge on any atom is -0.481 e. The molecule has 4 atom stereocenters. The molecule has 2 amide bonds. The summed E-state index contributed by atoms with van der Waals surface area (Å²) in [7, 11) is 4.02. The number of hydrogen-bond donors (Lipinski definition) is 2. The number of carboxylic acids is 1. The number of aliphatic carboxylic acids is 1. The van der Waals surface area contributed by atoms with Crippen LogP contribution in [0.4, 0.5) is 4.79 Å². The first-order valence-electron chi connectivity index (χ1n) is 7.28. The van der Waals surface area contributed by atoms with E-state index in [9.17, 15) is 14.7 Å². The molecule has 0 aromatic heterocycles. The van der Waals surface area contributed by atoms with Gasteiger partial charge in [-0.05, 0) is 26.9 Å². The van der Waals surface area contributed by atoms with Crippen molar-refractivity contribution in [3.8, 4) is 0 Å². The fourth-order valence-corrected chi connectivity index (χ4v) is 3.11. The summed E-state index contributed by atoms with van der Waals surface area (Å²) in [5.41, 5.74) is -1.05. The Morgan fingerprint density at radius 2 is 2.05 bits per heavy atom. The summed E-state index contributed by atoms with van der Waals surface area (Å²) in [5.74, 6) is -0.539. The molecule has 7 heteroatoms. The largest absolute Gasteiger partial charge is 0.481 e. The third-order valence-electron chi connectivity index (χ3n) is 4.76. The van der Waals surface area contributed by atoms with Gasteiger partial charge in [-0.1, -0.05) is 6.92 Å². The van der Waals surface area contributed by atoms with Gasteiger partial charge in [-0.25, -0.2) is 4.79 Å². The van der Waals surface area contributed by atoms with Gasteiger partial charge in [-0.3, -0.25) is 4.79 Å². The lowest BCUT2D eigenvalue weighted by Gasteiger charge is -2.28. The third-order valence-corrected chi connectivity index (χ3v) is 4.76. The van der Waals surface area contributed by atoms with E-state index in [0.717, 1.165) is 0 Å². The lowest BCUT2D eigenvalue weighted by atomic mass is 9.85. The van der Waals surface area contributed by atoms with Crippen molar-refractivity contribution in [1.82, 2.24) is 15.1 Å². The Morgan fingerprint density at radius 1 is 1.38 bits per heavy atom. The number of rotatable bonds is 3. The Hall–Kier alpha value is -1.34. The van der Waals surface area contributed by atoms with Gasteiger partial charge in [0.1, 0.15) is 5.41 Å². The molecule has 0 aromatic rings. The standard InChI is InChI=1S/C14H25N3O4/c1-9-5-17(6-10(9)16(3)4)13(20)15-11-7-21-8-14(11,2)12(18)19/h9-11H,5-8H2,1-4H3,(H,15,20)(H,18,19). The summed E-state index contributed by atoms with van der Waals surface area (Å²) >= 11 is 0. The molecule has 2 aliphatic rings. The number of carboxylic acid groups (broad SMARTS) is 1. The van der Waals surface area contributed by atoms with Gasteiger partial charge in [0.15, 0.2) is 0 Å². The predicted octanol–water partition coefficient (Wildman–Crippen LogP) is 0.0676. The monoisotopic (exact) mass is 299 g/mol. The number of nitrogens with one attached hydrogen (secondary N) is 1. The second-order valence-electron chi connectivity index (χ2n) is 6.65. The number of hydrogen-bond acceptors (Lipinski definition) is 4. The molecule has 0 aliphatic carbocycles. The SMILES string of the molecule is CC1CN(C(=O)NC2COCC2(C)C(=O)O)CC1N(C)C. The van der Waals surface area contributed by atoms with E-state index in [1.807, 2.05) is 14.1 Å². The zero-order chi connectivity index (χ0) is 15.8. The summed E-state index contributed by atoms with van der Waals surface area (Å²) in [6.45, 7) is 5.46. The van der Waals surface area contributed by atoms with Gasteiger partial charge in [-0.2, -0.15) is 0 Å². The number of carbonyl (C=O) groups excluding carboxylic acids is 1. The highest BCUT2D eigenvalue weighted by Gasteiger charge is 2.48. The topological polar surface area (TPSA) is 82.1 Å². The van der Waals surface area contributed by atoms with Gasteiger partial charge in [0.2, 0.25) is 0 Å². The number of likely N-dealkylation sites (tertiary alicyclic amines) is 1. The lowest BCUT2D eigenvalue weighted by Crippen LogP contribution is -2.53. The fraction of sp³-hybridized carbons (Fsp3) is 0.857. The minimum atomic E-state index is -1.05. The quantitative estimate of drug-likeness (QED) is 0.770. The molecule has 0 spiro atoms. The summed E-state index contributed by atoms with van der Waals surface area (Å²) in [6, 6.07) is -0.355. The van der Waals surface area contributed by atoms with Gasteiger partial charge in [0.05, 0.1) is 19.3 Å². The first kappa shape index (κ1) is 16.0. The summed E-state index contributed by atoms with van der Waals surface area (Å²) in [6.07, 6.45) is 0. The molecule has 120 valence electrons. The van der Waals surface area contributed by atoms with E-state index in [0.29, 0.717) is 25.0 Å². The molecular formula is C14H25N3O4. The normalized spacial score (nSPS) is 36.2. The van der Waals surface area contributed by atoms with E-state index in [4.69, 9.17) is 4.74 Å². The maximum Gasteiger partial charge on any atom is 0.317 e. The van der Waals surface area contributed by atoms with Crippen LogP contribution in [0.15, 0.2) is 0 Å². The Bertz CT molecular complexity index is 428. The van der Waals surface area contributed by atoms with Crippen LogP contribution in [0, 0.1) is 11.3 Å². The van der Waals surface area contributed by atoms with Crippen LogP contribution < -0.4 is 5.32 Å². The predicted molar refractivity (Wildman–Crippen MR) is 77.1 cm³/mol. The highest BCUT2D eigenvalue weighted by atomic mass is 16.5. The van der Waals surface area contributed by atoms with Crippen LogP contribution in [-0.2, 0) is 9.53 Å². The molecule has 0 saturated carbocycles. The van der Waals surface area contributed by atoms with Crippen LogP contribution in [0.3, 0.4) is 0 Å². The Kier molecular flexibility index (Phi) is 4.43. The first-order valence-corrected chi connectivity index (χ1v) is 7.28. The smallest absolute Gasteiger partial charge is 0.317 e. The van der Waals surface area contributed by atoms with Gasteiger partial charge in [0.25, 0.3) is 0 Å². The highest BCUT2D eigenvalue weighted by molar-refractivity contribution is 5.79. The molecule has 2 rings (SSSR count). The van der Waals surface area contributed by atoms with E-state index >= 15 is 0 Å². The van der Waals surface area contributed by atoms with Crippen molar-refractivity contribution in [3.63, 3.8) is 0 Å². The van der Waals surface area contributed by atoms with Crippen LogP contribution >= 0.6 is 0 Å². The number of urea groups is 1. The maximum atomic E-state index is 12.4. The molecule has 2 saturated heterocycles. The summed E-state index contributed by atoms with van der Waals surface area (Å²) in [5, 5.41) is 12.2. The average Bonchev–Trinajstić information content (AvgIpc) is 2.95. The Morgan fingerprint density at radius 3 is 2.57 bits per heavy atom. The number of ether oxygens (including phenoxy) is 1. The third kappa shape index (κ3) is 2.98. The van der Waals surface area contributed by atoms with Crippen LogP contribution in [-0.4, -0.2) is 79.4 Å². The number of carbonyl (C=O) groups is 2. The molecule has 0 radical (unpaired) electrons. The van der Waals surface area contributed by atoms with E-state index in [1.54, 1.807) is 11.8 Å². The number of likely N-dealkylation sites (N-methyl/N-ethyl adjacent to an activating group) is 1. The molecule has 2 heterocycles. The van der Waals surface area contributed by atoms with Gasteiger partial charge >= 0.3 is 12.0 Å². The number of nitrogens with zero attached hydrogens (tertiary/aromatic N) is 2. The molecule has 21 heavy (non-hydrogen) atoms. The molecule has 2 N–H and O–H groups in total. The zero-order valence-corrected chi connectivity index (χ0v) is 13.1. The van der Waals surface area contributed by atoms with E-state index in [1.165, 1.54) is 0 Å². The van der Waals surface area contributed by atoms with Crippen molar-refractivity contribution in [2.24, 2.45) is 11.3 Å². The molecule has 0 bridgehead atoms. The first-order chi connectivity index (χ1) is 9.75. The average molecular weight is 299 g/mol. The van der Waals surface area contributed by atoms with E-state index in [2.05, 4.69) is 17.1 Å².